The van der Waals surface area contributed by atoms with E-state index in [1.54, 1.807) is 0 Å². The molecule has 0 saturated heterocycles. The molecule has 0 N–H and O–H groups in total. The minimum Gasteiger partial charge on any atom is -0.494 e. The van der Waals surface area contributed by atoms with Crippen LogP contribution >= 0.6 is 0 Å². The van der Waals surface area contributed by atoms with E-state index in [4.69, 9.17) is 0 Å². The molecule has 0 atom stereocenters. The minimum atomic E-state index is -5.25. The number of ketones is 1. The number of ether oxygens (including phenoxy) is 1. The van der Waals surface area contributed by atoms with E-state index in [9.17, 15) is 26.7 Å². The van der Waals surface area contributed by atoms with Crippen LogP contribution < -0.4 is 4.74 Å². The molecule has 0 radical (unpaired) electrons. The summed E-state index contributed by atoms with van der Waals surface area (Å²) in [5.41, 5.74) is -1.37. The van der Waals surface area contributed by atoms with Crippen molar-refractivity contribution < 1.29 is 31.5 Å². The third-order valence-corrected chi connectivity index (χ3v) is 1.77. The Morgan fingerprint density at radius 3 is 2.19 bits per heavy atom. The molecule has 0 aliphatic heterocycles. The highest BCUT2D eigenvalue weighted by Crippen LogP contribution is 2.27. The van der Waals surface area contributed by atoms with Gasteiger partial charge in [-0.15, -0.1) is 0 Å². The molecule has 0 aliphatic carbocycles. The molecular formula is C9H5F5O2. The molecule has 0 bridgehead atoms. The molecule has 0 heterocycles. The zero-order valence-electron chi connectivity index (χ0n) is 7.86. The van der Waals surface area contributed by atoms with Crippen molar-refractivity contribution in [3.63, 3.8) is 0 Å². The van der Waals surface area contributed by atoms with Crippen molar-refractivity contribution >= 4 is 5.78 Å². The fourth-order valence-corrected chi connectivity index (χ4v) is 1.02. The third kappa shape index (κ3) is 2.12. The van der Waals surface area contributed by atoms with E-state index < -0.39 is 34.9 Å². The molecule has 1 aromatic rings. The van der Waals surface area contributed by atoms with Crippen LogP contribution in [0.25, 0.3) is 0 Å². The number of halogens is 5. The van der Waals surface area contributed by atoms with Crippen LogP contribution in [0.5, 0.6) is 5.75 Å². The number of rotatable bonds is 2. The Hall–Kier alpha value is -1.66. The van der Waals surface area contributed by atoms with Crippen molar-refractivity contribution in [2.24, 2.45) is 0 Å². The monoisotopic (exact) mass is 240 g/mol. The standard InChI is InChI=1S/C9H5F5O2/c1-16-5-3-2-4(6(10)7(5)11)8(15)9(12,13)14/h2-3H,1H3. The number of carbonyl (C=O) groups is 1. The third-order valence-electron chi connectivity index (χ3n) is 1.77. The average molecular weight is 240 g/mol. The van der Waals surface area contributed by atoms with E-state index in [0.717, 1.165) is 13.2 Å². The van der Waals surface area contributed by atoms with Gasteiger partial charge in [-0.05, 0) is 12.1 Å². The van der Waals surface area contributed by atoms with Gasteiger partial charge in [0.1, 0.15) is 0 Å². The van der Waals surface area contributed by atoms with Crippen LogP contribution in [0.3, 0.4) is 0 Å². The smallest absolute Gasteiger partial charge is 0.454 e. The summed E-state index contributed by atoms with van der Waals surface area (Å²) < 4.78 is 66.3. The Kier molecular flexibility index (Phi) is 3.16. The first-order valence-corrected chi connectivity index (χ1v) is 3.92. The van der Waals surface area contributed by atoms with Gasteiger partial charge in [-0.3, -0.25) is 4.79 Å². The molecule has 7 heteroatoms. The zero-order chi connectivity index (χ0) is 12.5. The molecule has 0 aliphatic rings. The molecule has 0 amide bonds. The van der Waals surface area contributed by atoms with Crippen LogP contribution in [0.2, 0.25) is 0 Å². The van der Waals surface area contributed by atoms with Crippen LogP contribution in [0, 0.1) is 11.6 Å². The van der Waals surface area contributed by atoms with Crippen LogP contribution in [0.1, 0.15) is 10.4 Å². The fourth-order valence-electron chi connectivity index (χ4n) is 1.02. The fraction of sp³-hybridized carbons (Fsp3) is 0.222. The summed E-state index contributed by atoms with van der Waals surface area (Å²) in [5.74, 6) is -6.51. The molecule has 0 saturated carbocycles. The van der Waals surface area contributed by atoms with Gasteiger partial charge in [0.2, 0.25) is 5.82 Å². The molecule has 0 fully saturated rings. The van der Waals surface area contributed by atoms with Gasteiger partial charge in [0.25, 0.3) is 5.78 Å². The Labute approximate surface area is 86.6 Å². The summed E-state index contributed by atoms with van der Waals surface area (Å²) in [6.45, 7) is 0. The summed E-state index contributed by atoms with van der Waals surface area (Å²) in [7, 11) is 1.02. The lowest BCUT2D eigenvalue weighted by molar-refractivity contribution is -0.0887. The normalized spacial score (nSPS) is 11.4. The van der Waals surface area contributed by atoms with Gasteiger partial charge >= 0.3 is 6.18 Å². The van der Waals surface area contributed by atoms with Crippen LogP contribution in [0.4, 0.5) is 22.0 Å². The largest absolute Gasteiger partial charge is 0.494 e. The summed E-state index contributed by atoms with van der Waals surface area (Å²) >= 11 is 0. The van der Waals surface area contributed by atoms with Gasteiger partial charge in [0.15, 0.2) is 11.6 Å². The lowest BCUT2D eigenvalue weighted by Gasteiger charge is -2.08. The van der Waals surface area contributed by atoms with E-state index in [0.29, 0.717) is 6.07 Å². The van der Waals surface area contributed by atoms with E-state index in [1.807, 2.05) is 0 Å². The molecule has 2 nitrogen and oxygen atoms in total. The molecule has 0 unspecified atom stereocenters. The number of Topliss-reactive ketones (excluding diaryl/α,β-unsaturated/α-hetero) is 1. The van der Waals surface area contributed by atoms with E-state index in [-0.39, 0.29) is 0 Å². The summed E-state index contributed by atoms with van der Waals surface area (Å²) in [6, 6.07) is 1.27. The van der Waals surface area contributed by atoms with Crippen molar-refractivity contribution in [1.29, 1.82) is 0 Å². The highest BCUT2D eigenvalue weighted by molar-refractivity contribution is 6.00. The van der Waals surface area contributed by atoms with Crippen molar-refractivity contribution in [2.75, 3.05) is 7.11 Å². The van der Waals surface area contributed by atoms with Gasteiger partial charge in [0, 0.05) is 0 Å². The van der Waals surface area contributed by atoms with Crippen molar-refractivity contribution in [3.8, 4) is 5.75 Å². The van der Waals surface area contributed by atoms with E-state index >= 15 is 0 Å². The Bertz CT molecular complexity index is 425. The van der Waals surface area contributed by atoms with E-state index in [1.165, 1.54) is 0 Å². The maximum absolute atomic E-state index is 13.1. The SMILES string of the molecule is COc1ccc(C(=O)C(F)(F)F)c(F)c1F. The second-order valence-electron chi connectivity index (χ2n) is 2.77. The predicted octanol–water partition coefficient (Wildman–Crippen LogP) is 2.72. The van der Waals surface area contributed by atoms with Crippen LogP contribution in [-0.4, -0.2) is 19.1 Å². The van der Waals surface area contributed by atoms with Gasteiger partial charge in [-0.25, -0.2) is 4.39 Å². The van der Waals surface area contributed by atoms with Gasteiger partial charge in [0.05, 0.1) is 12.7 Å². The Balaban J connectivity index is 3.28. The molecule has 88 valence electrons. The minimum absolute atomic E-state index is 0.521. The van der Waals surface area contributed by atoms with Gasteiger partial charge < -0.3 is 4.74 Å². The molecule has 0 spiro atoms. The Morgan fingerprint density at radius 2 is 1.75 bits per heavy atom. The number of methoxy groups -OCH3 is 1. The molecule has 16 heavy (non-hydrogen) atoms. The number of hydrogen-bond acceptors (Lipinski definition) is 2. The zero-order valence-corrected chi connectivity index (χ0v) is 7.86. The molecular weight excluding hydrogens is 235 g/mol. The lowest BCUT2D eigenvalue weighted by Crippen LogP contribution is -2.24. The maximum atomic E-state index is 13.1. The lowest BCUT2D eigenvalue weighted by atomic mass is 10.1. The first kappa shape index (κ1) is 12.4. The topological polar surface area (TPSA) is 26.3 Å². The highest BCUT2D eigenvalue weighted by Gasteiger charge is 2.41. The second kappa shape index (κ2) is 4.07. The maximum Gasteiger partial charge on any atom is 0.454 e. The summed E-state index contributed by atoms with van der Waals surface area (Å²) in [6.07, 6.45) is -5.25. The first-order valence-electron chi connectivity index (χ1n) is 3.92. The summed E-state index contributed by atoms with van der Waals surface area (Å²) in [4.78, 5) is 10.7. The highest BCUT2D eigenvalue weighted by atomic mass is 19.4. The van der Waals surface area contributed by atoms with Crippen molar-refractivity contribution in [3.05, 3.63) is 29.3 Å². The van der Waals surface area contributed by atoms with Gasteiger partial charge in [-0.2, -0.15) is 17.6 Å². The van der Waals surface area contributed by atoms with Crippen molar-refractivity contribution in [1.82, 2.24) is 0 Å². The number of hydrogen-bond donors (Lipinski definition) is 0. The molecule has 1 aromatic carbocycles. The summed E-state index contributed by atoms with van der Waals surface area (Å²) in [5, 5.41) is 0. The van der Waals surface area contributed by atoms with Crippen molar-refractivity contribution in [2.45, 2.75) is 6.18 Å². The van der Waals surface area contributed by atoms with Gasteiger partial charge in [-0.1, -0.05) is 0 Å². The van der Waals surface area contributed by atoms with E-state index in [2.05, 4.69) is 4.74 Å². The number of benzene rings is 1. The average Bonchev–Trinajstić information content (AvgIpc) is 2.20. The molecule has 1 rings (SSSR count). The van der Waals surface area contributed by atoms with Crippen LogP contribution in [0.15, 0.2) is 12.1 Å². The molecule has 0 aromatic heterocycles. The first-order chi connectivity index (χ1) is 7.29. The number of carbonyl (C=O) groups excluding carboxylic acids is 1. The Morgan fingerprint density at radius 1 is 1.19 bits per heavy atom. The quantitative estimate of drug-likeness (QED) is 0.586. The number of alkyl halides is 3. The predicted molar refractivity (Wildman–Crippen MR) is 43.3 cm³/mol. The second-order valence-corrected chi connectivity index (χ2v) is 2.77. The van der Waals surface area contributed by atoms with Crippen LogP contribution in [-0.2, 0) is 0 Å².